The SMILES string of the molecule is COC(=O)c1cc2cc(c1)OCCOCCOc1ccc(cc1)OCCOCCOc1cc(cc(C(=O)OC)c1)OCCOCCOc1ccc(cc1)OCCOCCO2. The van der Waals surface area contributed by atoms with Gasteiger partial charge in [-0.05, 0) is 72.8 Å². The highest BCUT2D eigenvalue weighted by molar-refractivity contribution is 5.90. The molecule has 4 aliphatic rings. The van der Waals surface area contributed by atoms with Crippen molar-refractivity contribution in [2.24, 2.45) is 0 Å². The second-order valence-corrected chi connectivity index (χ2v) is 12.5. The van der Waals surface area contributed by atoms with Gasteiger partial charge < -0.3 is 66.3 Å². The van der Waals surface area contributed by atoms with Crippen LogP contribution in [0, 0.1) is 0 Å². The minimum absolute atomic E-state index is 0.238. The molecule has 0 spiro atoms. The van der Waals surface area contributed by atoms with E-state index in [1.807, 2.05) is 48.5 Å². The van der Waals surface area contributed by atoms with Crippen molar-refractivity contribution in [3.05, 3.63) is 96.1 Å². The molecule has 16 heteroatoms. The molecule has 60 heavy (non-hydrogen) atoms. The van der Waals surface area contributed by atoms with Gasteiger partial charge in [0.2, 0.25) is 0 Å². The van der Waals surface area contributed by atoms with Gasteiger partial charge in [-0.15, -0.1) is 0 Å². The van der Waals surface area contributed by atoms with E-state index in [1.165, 1.54) is 14.2 Å². The lowest BCUT2D eigenvalue weighted by molar-refractivity contribution is 0.0589. The number of hydrogen-bond donors (Lipinski definition) is 0. The van der Waals surface area contributed by atoms with Crippen LogP contribution in [0.5, 0.6) is 46.0 Å². The fraction of sp³-hybridized carbons (Fsp3) is 0.409. The zero-order chi connectivity index (χ0) is 42.0. The summed E-state index contributed by atoms with van der Waals surface area (Å²) in [6, 6.07) is 24.2. The van der Waals surface area contributed by atoms with Gasteiger partial charge in [0.25, 0.3) is 0 Å². The van der Waals surface area contributed by atoms with Crippen molar-refractivity contribution < 1.29 is 75.9 Å². The van der Waals surface area contributed by atoms with Crippen LogP contribution in [0.15, 0.2) is 84.9 Å². The summed E-state index contributed by atoms with van der Waals surface area (Å²) in [6.45, 7) is 4.83. The summed E-state index contributed by atoms with van der Waals surface area (Å²) in [5, 5.41) is 0. The molecular weight excluding hydrogens is 784 g/mol. The average molecular weight is 837 g/mol. The van der Waals surface area contributed by atoms with E-state index in [2.05, 4.69) is 0 Å². The molecule has 4 aromatic carbocycles. The van der Waals surface area contributed by atoms with Crippen molar-refractivity contribution in [3.63, 3.8) is 0 Å². The average Bonchev–Trinajstić information content (AvgIpc) is 3.27. The second-order valence-electron chi connectivity index (χ2n) is 12.5. The third kappa shape index (κ3) is 16.7. The number of methoxy groups -OCH3 is 2. The van der Waals surface area contributed by atoms with E-state index in [0.717, 1.165) is 0 Å². The Hall–Kier alpha value is -5.94. The Kier molecular flexibility index (Phi) is 19.7. The van der Waals surface area contributed by atoms with Crippen LogP contribution >= 0.6 is 0 Å². The Labute approximate surface area is 349 Å². The van der Waals surface area contributed by atoms with Crippen molar-refractivity contribution in [3.8, 4) is 46.0 Å². The molecule has 324 valence electrons. The monoisotopic (exact) mass is 836 g/mol. The molecule has 0 fully saturated rings. The fourth-order valence-electron chi connectivity index (χ4n) is 5.37. The predicted molar refractivity (Wildman–Crippen MR) is 216 cm³/mol. The minimum Gasteiger partial charge on any atom is -0.491 e. The van der Waals surface area contributed by atoms with Gasteiger partial charge in [0.05, 0.1) is 78.2 Å². The smallest absolute Gasteiger partial charge is 0.338 e. The normalized spacial score (nSPS) is 16.0. The maximum atomic E-state index is 12.3. The van der Waals surface area contributed by atoms with Crippen LogP contribution in [0.2, 0.25) is 0 Å². The predicted octanol–water partition coefficient (Wildman–Crippen LogP) is 5.47. The molecule has 0 N–H and O–H groups in total. The van der Waals surface area contributed by atoms with E-state index in [-0.39, 0.29) is 26.4 Å². The van der Waals surface area contributed by atoms with Crippen LogP contribution in [0.3, 0.4) is 0 Å². The number of esters is 2. The van der Waals surface area contributed by atoms with E-state index >= 15 is 0 Å². The summed E-state index contributed by atoms with van der Waals surface area (Å²) >= 11 is 0. The summed E-state index contributed by atoms with van der Waals surface area (Å²) in [4.78, 5) is 24.6. The Balaban J connectivity index is 1.10. The molecule has 4 aromatic rings. The van der Waals surface area contributed by atoms with E-state index in [9.17, 15) is 9.59 Å². The molecule has 0 atom stereocenters. The van der Waals surface area contributed by atoms with Crippen LogP contribution < -0.4 is 37.9 Å². The Morgan fingerprint density at radius 3 is 0.717 bits per heavy atom. The lowest BCUT2D eigenvalue weighted by Gasteiger charge is -2.13. The molecule has 4 aliphatic heterocycles. The first-order valence-corrected chi connectivity index (χ1v) is 19.5. The van der Waals surface area contributed by atoms with Gasteiger partial charge in [0, 0.05) is 12.1 Å². The van der Waals surface area contributed by atoms with Gasteiger partial charge >= 0.3 is 11.9 Å². The summed E-state index contributed by atoms with van der Waals surface area (Å²) in [6.07, 6.45) is 0. The van der Waals surface area contributed by atoms with Crippen molar-refractivity contribution in [2.45, 2.75) is 0 Å². The maximum absolute atomic E-state index is 12.3. The van der Waals surface area contributed by atoms with Crippen LogP contribution in [0.4, 0.5) is 0 Å². The van der Waals surface area contributed by atoms with Crippen molar-refractivity contribution >= 4 is 11.9 Å². The van der Waals surface area contributed by atoms with Crippen LogP contribution in [0.25, 0.3) is 0 Å². The molecule has 0 saturated carbocycles. The van der Waals surface area contributed by atoms with E-state index in [0.29, 0.717) is 136 Å². The van der Waals surface area contributed by atoms with Gasteiger partial charge in [-0.25, -0.2) is 9.59 Å². The highest BCUT2D eigenvalue weighted by atomic mass is 16.6. The topological polar surface area (TPSA) is 163 Å². The highest BCUT2D eigenvalue weighted by Gasteiger charge is 2.13. The molecule has 0 radical (unpaired) electrons. The third-order valence-corrected chi connectivity index (χ3v) is 8.22. The third-order valence-electron chi connectivity index (χ3n) is 8.22. The van der Waals surface area contributed by atoms with Crippen molar-refractivity contribution in [2.75, 3.05) is 120 Å². The van der Waals surface area contributed by atoms with Gasteiger partial charge in [0.1, 0.15) is 98.9 Å². The first-order chi connectivity index (χ1) is 29.5. The van der Waals surface area contributed by atoms with E-state index < -0.39 is 11.9 Å². The zero-order valence-corrected chi connectivity index (χ0v) is 33.9. The van der Waals surface area contributed by atoms with E-state index in [4.69, 9.17) is 66.3 Å². The summed E-state index contributed by atoms with van der Waals surface area (Å²) in [7, 11) is 2.62. The van der Waals surface area contributed by atoms with Crippen LogP contribution in [-0.2, 0) is 28.4 Å². The number of hydrogen-bond acceptors (Lipinski definition) is 16. The molecule has 16 nitrogen and oxygen atoms in total. The van der Waals surface area contributed by atoms with E-state index in [1.54, 1.807) is 36.4 Å². The molecule has 0 aliphatic carbocycles. The molecule has 8 rings (SSSR count). The summed E-state index contributed by atoms with van der Waals surface area (Å²) in [5.41, 5.74) is 0.583. The number of benzene rings is 4. The highest BCUT2D eigenvalue weighted by Crippen LogP contribution is 2.25. The van der Waals surface area contributed by atoms with Gasteiger partial charge in [-0.2, -0.15) is 0 Å². The molecule has 0 saturated heterocycles. The Morgan fingerprint density at radius 2 is 0.517 bits per heavy atom. The lowest BCUT2D eigenvalue weighted by Crippen LogP contribution is -2.14. The standard InChI is InChI=1S/C44H52O16/c1-47-43(45)33-27-39-31-40(28-33)58-24-16-50-12-20-54-36-5-9-38(10-6-36)56-22-14-52-18-26-60-42-30-34(44(46)48-2)29-41(32-42)59-25-17-51-13-21-55-37-7-3-35(4-8-37)53-19-11-49-15-23-57-39/h3-10,27-32H,11-26H2,1-2H3. The van der Waals surface area contributed by atoms with Crippen LogP contribution in [-0.4, -0.2) is 132 Å². The fourth-order valence-corrected chi connectivity index (χ4v) is 5.37. The zero-order valence-electron chi connectivity index (χ0n) is 33.9. The molecule has 4 heterocycles. The number of ether oxygens (including phenoxy) is 14. The molecule has 0 amide bonds. The van der Waals surface area contributed by atoms with Gasteiger partial charge in [-0.1, -0.05) is 0 Å². The lowest BCUT2D eigenvalue weighted by atomic mass is 10.2. The first kappa shape index (κ1) is 45.1. The van der Waals surface area contributed by atoms with Crippen LogP contribution in [0.1, 0.15) is 20.7 Å². The van der Waals surface area contributed by atoms with Crippen molar-refractivity contribution in [1.82, 2.24) is 0 Å². The molecule has 8 bridgehead atoms. The number of rotatable bonds is 2. The number of carbonyl (C=O) groups is 2. The maximum Gasteiger partial charge on any atom is 0.338 e. The summed E-state index contributed by atoms with van der Waals surface area (Å²) in [5.74, 6) is 3.37. The Bertz CT molecular complexity index is 1600. The first-order valence-electron chi connectivity index (χ1n) is 19.5. The van der Waals surface area contributed by atoms with Crippen molar-refractivity contribution in [1.29, 1.82) is 0 Å². The second kappa shape index (κ2) is 26.2. The quantitative estimate of drug-likeness (QED) is 0.233. The Morgan fingerprint density at radius 1 is 0.317 bits per heavy atom. The van der Waals surface area contributed by atoms with Gasteiger partial charge in [-0.3, -0.25) is 0 Å². The summed E-state index contributed by atoms with van der Waals surface area (Å²) < 4.78 is 78.9. The molecule has 0 unspecified atom stereocenters. The number of carbonyl (C=O) groups excluding carboxylic acids is 2. The molecule has 0 aromatic heterocycles. The largest absolute Gasteiger partial charge is 0.491 e. The van der Waals surface area contributed by atoms with Gasteiger partial charge in [0.15, 0.2) is 0 Å². The molecular formula is C44H52O16. The minimum atomic E-state index is -0.515.